The summed E-state index contributed by atoms with van der Waals surface area (Å²) >= 11 is 0. The number of alkyl halides is 3. The average molecular weight is 323 g/mol. The van der Waals surface area contributed by atoms with E-state index in [1.165, 1.54) is 0 Å². The van der Waals surface area contributed by atoms with E-state index < -0.39 is 21.6 Å². The summed E-state index contributed by atoms with van der Waals surface area (Å²) in [6.45, 7) is 4.48. The Balaban J connectivity index is 2.92. The summed E-state index contributed by atoms with van der Waals surface area (Å²) in [6, 6.07) is 3.46. The molecule has 0 aliphatic carbocycles. The SMILES string of the molecule is CCCC(CS(=O)(=O)c1ccc(C(F)(F)F)cc1)NCC. The molecule has 1 unspecified atom stereocenters. The Morgan fingerprint density at radius 2 is 1.71 bits per heavy atom. The van der Waals surface area contributed by atoms with Gasteiger partial charge in [-0.2, -0.15) is 13.2 Å². The van der Waals surface area contributed by atoms with Gasteiger partial charge in [0.25, 0.3) is 0 Å². The summed E-state index contributed by atoms with van der Waals surface area (Å²) < 4.78 is 61.9. The highest BCUT2D eigenvalue weighted by molar-refractivity contribution is 7.91. The fourth-order valence-electron chi connectivity index (χ4n) is 2.09. The third-order valence-electron chi connectivity index (χ3n) is 3.09. The number of hydrogen-bond acceptors (Lipinski definition) is 3. The molecule has 0 aliphatic rings. The van der Waals surface area contributed by atoms with Crippen LogP contribution in [0.4, 0.5) is 13.2 Å². The van der Waals surface area contributed by atoms with Gasteiger partial charge in [-0.25, -0.2) is 8.42 Å². The standard InChI is InChI=1S/C14H20F3NO2S/c1-3-5-12(18-4-2)10-21(19,20)13-8-6-11(7-9-13)14(15,16)17/h6-9,12,18H,3-5,10H2,1-2H3. The molecule has 0 heterocycles. The van der Waals surface area contributed by atoms with Gasteiger partial charge in [0.1, 0.15) is 0 Å². The molecule has 120 valence electrons. The molecule has 0 aromatic heterocycles. The molecule has 0 saturated carbocycles. The summed E-state index contributed by atoms with van der Waals surface area (Å²) in [5.74, 6) is -0.111. The minimum atomic E-state index is -4.46. The van der Waals surface area contributed by atoms with Crippen molar-refractivity contribution in [2.75, 3.05) is 12.3 Å². The zero-order valence-electron chi connectivity index (χ0n) is 12.1. The Morgan fingerprint density at radius 1 is 1.14 bits per heavy atom. The third kappa shape index (κ3) is 5.32. The lowest BCUT2D eigenvalue weighted by atomic mass is 10.2. The molecular weight excluding hydrogens is 303 g/mol. The van der Waals surface area contributed by atoms with Crippen LogP contribution in [-0.2, 0) is 16.0 Å². The molecule has 1 N–H and O–H groups in total. The zero-order valence-corrected chi connectivity index (χ0v) is 12.9. The van der Waals surface area contributed by atoms with E-state index in [1.807, 2.05) is 13.8 Å². The topological polar surface area (TPSA) is 46.2 Å². The molecule has 21 heavy (non-hydrogen) atoms. The van der Waals surface area contributed by atoms with Gasteiger partial charge < -0.3 is 5.32 Å². The van der Waals surface area contributed by atoms with Crippen LogP contribution in [0.2, 0.25) is 0 Å². The number of halogens is 3. The van der Waals surface area contributed by atoms with E-state index >= 15 is 0 Å². The largest absolute Gasteiger partial charge is 0.416 e. The van der Waals surface area contributed by atoms with Crippen LogP contribution in [0, 0.1) is 0 Å². The zero-order chi connectivity index (χ0) is 16.1. The average Bonchev–Trinajstić information content (AvgIpc) is 2.38. The minimum absolute atomic E-state index is 0.0745. The fraction of sp³-hybridized carbons (Fsp3) is 0.571. The highest BCUT2D eigenvalue weighted by atomic mass is 32.2. The molecule has 0 fully saturated rings. The quantitative estimate of drug-likeness (QED) is 0.838. The predicted molar refractivity (Wildman–Crippen MR) is 75.9 cm³/mol. The molecule has 0 amide bonds. The molecule has 1 rings (SSSR count). The second-order valence-electron chi connectivity index (χ2n) is 4.85. The Kier molecular flexibility index (Phi) is 6.22. The van der Waals surface area contributed by atoms with Gasteiger partial charge in [-0.3, -0.25) is 0 Å². The van der Waals surface area contributed by atoms with Crippen LogP contribution in [0.25, 0.3) is 0 Å². The minimum Gasteiger partial charge on any atom is -0.313 e. The second-order valence-corrected chi connectivity index (χ2v) is 6.88. The smallest absolute Gasteiger partial charge is 0.313 e. The number of hydrogen-bond donors (Lipinski definition) is 1. The first-order valence-corrected chi connectivity index (χ1v) is 8.49. The van der Waals surface area contributed by atoms with Gasteiger partial charge in [0.15, 0.2) is 9.84 Å². The van der Waals surface area contributed by atoms with Crippen LogP contribution in [0.15, 0.2) is 29.2 Å². The van der Waals surface area contributed by atoms with Gasteiger partial charge in [0.2, 0.25) is 0 Å². The Hall–Kier alpha value is -1.08. The Bertz CT molecular complexity index is 532. The van der Waals surface area contributed by atoms with Crippen molar-refractivity contribution in [2.45, 2.75) is 43.8 Å². The van der Waals surface area contributed by atoms with Crippen molar-refractivity contribution >= 4 is 9.84 Å². The molecule has 1 atom stereocenters. The van der Waals surface area contributed by atoms with Crippen molar-refractivity contribution in [1.29, 1.82) is 0 Å². The molecule has 7 heteroatoms. The molecule has 0 bridgehead atoms. The van der Waals surface area contributed by atoms with Crippen molar-refractivity contribution in [3.05, 3.63) is 29.8 Å². The van der Waals surface area contributed by atoms with Gasteiger partial charge in [0.05, 0.1) is 16.2 Å². The first-order valence-electron chi connectivity index (χ1n) is 6.84. The van der Waals surface area contributed by atoms with E-state index in [0.717, 1.165) is 30.7 Å². The van der Waals surface area contributed by atoms with Crippen LogP contribution < -0.4 is 5.32 Å². The van der Waals surface area contributed by atoms with Crippen LogP contribution in [0.5, 0.6) is 0 Å². The van der Waals surface area contributed by atoms with Gasteiger partial charge >= 0.3 is 6.18 Å². The van der Waals surface area contributed by atoms with Crippen molar-refractivity contribution in [1.82, 2.24) is 5.32 Å². The Labute approximate surface area is 123 Å². The summed E-state index contributed by atoms with van der Waals surface area (Å²) in [4.78, 5) is -0.0745. The van der Waals surface area contributed by atoms with Crippen molar-refractivity contribution in [3.63, 3.8) is 0 Å². The molecule has 1 aromatic carbocycles. The number of nitrogens with one attached hydrogen (secondary N) is 1. The first kappa shape index (κ1) is 18.0. The lowest BCUT2D eigenvalue weighted by molar-refractivity contribution is -0.137. The maximum Gasteiger partial charge on any atom is 0.416 e. The highest BCUT2D eigenvalue weighted by Crippen LogP contribution is 2.29. The summed E-state index contributed by atoms with van der Waals surface area (Å²) in [5.41, 5.74) is -0.849. The molecule has 0 spiro atoms. The molecule has 0 saturated heterocycles. The van der Waals surface area contributed by atoms with Gasteiger partial charge in [0, 0.05) is 6.04 Å². The van der Waals surface area contributed by atoms with Gasteiger partial charge in [-0.05, 0) is 37.2 Å². The molecular formula is C14H20F3NO2S. The molecule has 0 radical (unpaired) electrons. The Morgan fingerprint density at radius 3 is 2.14 bits per heavy atom. The maximum absolute atomic E-state index is 12.5. The number of sulfone groups is 1. The van der Waals surface area contributed by atoms with E-state index in [1.54, 1.807) is 0 Å². The normalized spacial score (nSPS) is 14.1. The number of rotatable bonds is 7. The number of benzene rings is 1. The van der Waals surface area contributed by atoms with Crippen molar-refractivity contribution < 1.29 is 21.6 Å². The maximum atomic E-state index is 12.5. The van der Waals surface area contributed by atoms with Crippen LogP contribution in [0.3, 0.4) is 0 Å². The monoisotopic (exact) mass is 323 g/mol. The van der Waals surface area contributed by atoms with Gasteiger partial charge in [-0.1, -0.05) is 20.3 Å². The first-order chi connectivity index (χ1) is 9.70. The van der Waals surface area contributed by atoms with Crippen LogP contribution >= 0.6 is 0 Å². The molecule has 1 aromatic rings. The van der Waals surface area contributed by atoms with Crippen molar-refractivity contribution in [3.8, 4) is 0 Å². The van der Waals surface area contributed by atoms with E-state index in [4.69, 9.17) is 0 Å². The molecule has 0 aliphatic heterocycles. The van der Waals surface area contributed by atoms with Gasteiger partial charge in [-0.15, -0.1) is 0 Å². The van der Waals surface area contributed by atoms with Crippen LogP contribution in [0.1, 0.15) is 32.3 Å². The fourth-order valence-corrected chi connectivity index (χ4v) is 3.65. The predicted octanol–water partition coefficient (Wildman–Crippen LogP) is 3.26. The van der Waals surface area contributed by atoms with Crippen molar-refractivity contribution in [2.24, 2.45) is 0 Å². The molecule has 3 nitrogen and oxygen atoms in total. The van der Waals surface area contributed by atoms with E-state index in [0.29, 0.717) is 13.0 Å². The van der Waals surface area contributed by atoms with E-state index in [2.05, 4.69) is 5.32 Å². The van der Waals surface area contributed by atoms with Crippen LogP contribution in [-0.4, -0.2) is 26.8 Å². The lowest BCUT2D eigenvalue weighted by Crippen LogP contribution is -2.35. The summed E-state index contributed by atoms with van der Waals surface area (Å²) in [6.07, 6.45) is -2.93. The summed E-state index contributed by atoms with van der Waals surface area (Å²) in [7, 11) is -3.60. The van der Waals surface area contributed by atoms with E-state index in [9.17, 15) is 21.6 Å². The third-order valence-corrected chi connectivity index (χ3v) is 4.92. The lowest BCUT2D eigenvalue weighted by Gasteiger charge is -2.17. The second kappa shape index (κ2) is 7.26. The summed E-state index contributed by atoms with van der Waals surface area (Å²) in [5, 5.41) is 3.09. The van der Waals surface area contributed by atoms with E-state index in [-0.39, 0.29) is 16.7 Å². The highest BCUT2D eigenvalue weighted by Gasteiger charge is 2.30.